The van der Waals surface area contributed by atoms with Crippen molar-refractivity contribution in [1.82, 2.24) is 9.55 Å². The molecule has 1 heterocycles. The molecule has 0 N–H and O–H groups in total. The number of fused-ring (bicyclic) bond motifs is 8. The van der Waals surface area contributed by atoms with Gasteiger partial charge in [-0.1, -0.05) is 171 Å². The SMILES string of the molecule is CCc1nc2ccccc2n1-c1c2ccccc2c(-c2ccc(-c3cc4ccc5cccc6c7ccccc7c7ccccc7c(c3)c4c56)cc2)c2ccccc12. The van der Waals surface area contributed by atoms with E-state index >= 15 is 0 Å². The van der Waals surface area contributed by atoms with Crippen LogP contribution in [-0.2, 0) is 6.42 Å². The lowest BCUT2D eigenvalue weighted by molar-refractivity contribution is 0.917. The van der Waals surface area contributed by atoms with Gasteiger partial charge in [0.2, 0.25) is 0 Å². The van der Waals surface area contributed by atoms with Gasteiger partial charge in [0, 0.05) is 17.2 Å². The Hall–Kier alpha value is -7.29. The Balaban J connectivity index is 1.10. The fraction of sp³-hybridized carbons (Fsp3) is 0.0364. The van der Waals surface area contributed by atoms with Crippen molar-refractivity contribution >= 4 is 86.4 Å². The van der Waals surface area contributed by atoms with Crippen molar-refractivity contribution in [2.45, 2.75) is 13.3 Å². The Morgan fingerprint density at radius 3 is 1.56 bits per heavy atom. The Kier molecular flexibility index (Phi) is 6.94. The third-order valence-corrected chi connectivity index (χ3v) is 12.3. The molecule has 0 unspecified atom stereocenters. The number of aromatic nitrogens is 2. The zero-order valence-electron chi connectivity index (χ0n) is 31.5. The molecule has 0 spiro atoms. The lowest BCUT2D eigenvalue weighted by Gasteiger charge is -2.20. The van der Waals surface area contributed by atoms with Gasteiger partial charge in [-0.2, -0.15) is 0 Å². The highest BCUT2D eigenvalue weighted by Crippen LogP contribution is 2.45. The molecule has 0 atom stereocenters. The van der Waals surface area contributed by atoms with Gasteiger partial charge in [-0.15, -0.1) is 0 Å². The third-order valence-electron chi connectivity index (χ3n) is 12.3. The van der Waals surface area contributed by atoms with Gasteiger partial charge >= 0.3 is 0 Å². The smallest absolute Gasteiger partial charge is 0.114 e. The summed E-state index contributed by atoms with van der Waals surface area (Å²) in [5, 5.41) is 17.8. The van der Waals surface area contributed by atoms with Crippen LogP contribution in [0.25, 0.3) is 114 Å². The normalized spacial score (nSPS) is 12.0. The van der Waals surface area contributed by atoms with Crippen LogP contribution in [0.3, 0.4) is 0 Å². The summed E-state index contributed by atoms with van der Waals surface area (Å²) in [5.41, 5.74) is 8.24. The van der Waals surface area contributed by atoms with E-state index in [0.29, 0.717) is 0 Å². The molecule has 0 saturated carbocycles. The van der Waals surface area contributed by atoms with E-state index in [0.717, 1.165) is 23.3 Å². The summed E-state index contributed by atoms with van der Waals surface area (Å²) < 4.78 is 2.39. The van der Waals surface area contributed by atoms with E-state index in [1.807, 2.05) is 0 Å². The van der Waals surface area contributed by atoms with Crippen molar-refractivity contribution in [1.29, 1.82) is 0 Å². The molecule has 2 heteroatoms. The molecule has 0 aliphatic heterocycles. The second kappa shape index (κ2) is 12.4. The molecule has 0 aliphatic carbocycles. The third kappa shape index (κ3) is 4.68. The Labute approximate surface area is 329 Å². The lowest BCUT2D eigenvalue weighted by atomic mass is 9.87. The Morgan fingerprint density at radius 2 is 0.895 bits per heavy atom. The van der Waals surface area contributed by atoms with Gasteiger partial charge in [-0.05, 0) is 111 Å². The molecule has 0 bridgehead atoms. The second-order valence-electron chi connectivity index (χ2n) is 15.3. The van der Waals surface area contributed by atoms with Gasteiger partial charge < -0.3 is 0 Å². The molecular formula is C55H36N2. The maximum Gasteiger partial charge on any atom is 0.114 e. The fourth-order valence-electron chi connectivity index (χ4n) is 9.80. The predicted octanol–water partition coefficient (Wildman–Crippen LogP) is 15.0. The number of benzene rings is 10. The highest BCUT2D eigenvalue weighted by molar-refractivity contribution is 6.33. The number of hydrogen-bond acceptors (Lipinski definition) is 1. The number of imidazole rings is 1. The van der Waals surface area contributed by atoms with E-state index in [2.05, 4.69) is 200 Å². The molecule has 2 nitrogen and oxygen atoms in total. The summed E-state index contributed by atoms with van der Waals surface area (Å²) in [7, 11) is 0. The summed E-state index contributed by atoms with van der Waals surface area (Å²) in [6, 6.07) is 69.6. The van der Waals surface area contributed by atoms with Crippen LogP contribution in [0.4, 0.5) is 0 Å². The van der Waals surface area contributed by atoms with Crippen LogP contribution in [0.15, 0.2) is 188 Å². The molecule has 0 fully saturated rings. The summed E-state index contributed by atoms with van der Waals surface area (Å²) in [6.07, 6.45) is 0.841. The van der Waals surface area contributed by atoms with Crippen LogP contribution in [-0.4, -0.2) is 9.55 Å². The van der Waals surface area contributed by atoms with Crippen LogP contribution < -0.4 is 0 Å². The van der Waals surface area contributed by atoms with Crippen LogP contribution in [0, 0.1) is 0 Å². The molecule has 12 rings (SSSR count). The van der Waals surface area contributed by atoms with E-state index in [-0.39, 0.29) is 0 Å². The van der Waals surface area contributed by atoms with Gasteiger partial charge in [0.25, 0.3) is 0 Å². The first kappa shape index (κ1) is 32.0. The molecule has 266 valence electrons. The maximum atomic E-state index is 5.08. The number of rotatable bonds is 4. The Bertz CT molecular complexity index is 3550. The highest BCUT2D eigenvalue weighted by Gasteiger charge is 2.21. The average molecular weight is 725 g/mol. The van der Waals surface area contributed by atoms with Crippen LogP contribution in [0.5, 0.6) is 0 Å². The first-order valence-corrected chi connectivity index (χ1v) is 19.9. The van der Waals surface area contributed by atoms with Gasteiger partial charge in [0.1, 0.15) is 5.82 Å². The summed E-state index contributed by atoms with van der Waals surface area (Å²) in [4.78, 5) is 5.08. The molecule has 57 heavy (non-hydrogen) atoms. The molecule has 0 radical (unpaired) electrons. The minimum Gasteiger partial charge on any atom is -0.295 e. The van der Waals surface area contributed by atoms with Crippen molar-refractivity contribution in [3.63, 3.8) is 0 Å². The molecule has 0 aliphatic rings. The quantitative estimate of drug-likeness (QED) is 0.131. The van der Waals surface area contributed by atoms with Crippen LogP contribution in [0.2, 0.25) is 0 Å². The lowest BCUT2D eigenvalue weighted by Crippen LogP contribution is -2.03. The van der Waals surface area contributed by atoms with Crippen molar-refractivity contribution < 1.29 is 0 Å². The van der Waals surface area contributed by atoms with Crippen molar-refractivity contribution in [3.8, 4) is 27.9 Å². The van der Waals surface area contributed by atoms with Crippen LogP contribution in [0.1, 0.15) is 12.7 Å². The second-order valence-corrected chi connectivity index (χ2v) is 15.3. The number of aryl methyl sites for hydroxylation is 1. The summed E-state index contributed by atoms with van der Waals surface area (Å²) in [6.45, 7) is 2.20. The summed E-state index contributed by atoms with van der Waals surface area (Å²) >= 11 is 0. The monoisotopic (exact) mass is 724 g/mol. The van der Waals surface area contributed by atoms with E-state index < -0.39 is 0 Å². The van der Waals surface area contributed by atoms with Gasteiger partial charge in [0.05, 0.1) is 16.7 Å². The van der Waals surface area contributed by atoms with Crippen molar-refractivity contribution in [3.05, 3.63) is 194 Å². The van der Waals surface area contributed by atoms with Gasteiger partial charge in [-0.3, -0.25) is 4.57 Å². The predicted molar refractivity (Wildman–Crippen MR) is 244 cm³/mol. The number of hydrogen-bond donors (Lipinski definition) is 0. The maximum absolute atomic E-state index is 5.08. The van der Waals surface area contributed by atoms with Crippen LogP contribution >= 0.6 is 0 Å². The van der Waals surface area contributed by atoms with E-state index in [1.54, 1.807) is 0 Å². The first-order valence-electron chi connectivity index (χ1n) is 19.9. The average Bonchev–Trinajstić information content (AvgIpc) is 3.65. The summed E-state index contributed by atoms with van der Waals surface area (Å²) in [5.74, 6) is 1.07. The molecule has 12 aromatic rings. The number of para-hydroxylation sites is 2. The zero-order valence-corrected chi connectivity index (χ0v) is 31.5. The van der Waals surface area contributed by atoms with Crippen molar-refractivity contribution in [2.75, 3.05) is 0 Å². The van der Waals surface area contributed by atoms with E-state index in [1.165, 1.54) is 103 Å². The molecular weight excluding hydrogens is 689 g/mol. The number of nitrogens with zero attached hydrogens (tertiary/aromatic N) is 2. The van der Waals surface area contributed by atoms with Gasteiger partial charge in [0.15, 0.2) is 0 Å². The minimum atomic E-state index is 0.841. The minimum absolute atomic E-state index is 0.841. The largest absolute Gasteiger partial charge is 0.295 e. The first-order chi connectivity index (χ1) is 28.2. The standard InChI is InChI=1S/C55H36N2/c1-2-51-56-49-24-11-12-25-50(49)57(51)55-46-21-9-7-19-44(46)52(45-20-8-10-22-47(45)55)36-28-26-34(27-29-36)38-32-37-31-30-35-14-13-23-43-41-17-5-3-15-39(41)40-16-4-6-18-42(40)48(33-38)54(37)53(35)43/h3-33H,2H2,1H3. The zero-order chi connectivity index (χ0) is 37.6. The molecule has 0 amide bonds. The van der Waals surface area contributed by atoms with Gasteiger partial charge in [-0.25, -0.2) is 4.98 Å². The van der Waals surface area contributed by atoms with E-state index in [4.69, 9.17) is 4.98 Å². The molecule has 0 saturated heterocycles. The topological polar surface area (TPSA) is 17.8 Å². The highest BCUT2D eigenvalue weighted by atomic mass is 15.1. The van der Waals surface area contributed by atoms with E-state index in [9.17, 15) is 0 Å². The fourth-order valence-corrected chi connectivity index (χ4v) is 9.80. The van der Waals surface area contributed by atoms with Crippen molar-refractivity contribution in [2.24, 2.45) is 0 Å². The molecule has 11 aromatic carbocycles. The molecule has 1 aromatic heterocycles. The Morgan fingerprint density at radius 1 is 0.386 bits per heavy atom.